The van der Waals surface area contributed by atoms with Gasteiger partial charge in [0.1, 0.15) is 12.4 Å². The maximum atomic E-state index is 6.09. The first kappa shape index (κ1) is 19.1. The average molecular weight is 373 g/mol. The zero-order valence-electron chi connectivity index (χ0n) is 16.0. The highest BCUT2D eigenvalue weighted by atomic mass is 35.5. The van der Waals surface area contributed by atoms with Crippen molar-refractivity contribution < 1.29 is 4.74 Å². The van der Waals surface area contributed by atoms with E-state index in [1.165, 1.54) is 16.8 Å². The number of hydrogen-bond donors (Lipinski definition) is 0. The van der Waals surface area contributed by atoms with E-state index in [-0.39, 0.29) is 0 Å². The maximum Gasteiger partial charge on any atom is 0.122 e. The molecule has 140 valence electrons. The van der Waals surface area contributed by atoms with Crippen LogP contribution in [0.4, 0.5) is 5.69 Å². The fourth-order valence-corrected chi connectivity index (χ4v) is 3.42. The Hall–Kier alpha value is -1.71. The fourth-order valence-electron chi connectivity index (χ4n) is 3.30. The molecule has 0 saturated carbocycles. The van der Waals surface area contributed by atoms with Crippen LogP contribution in [0.15, 0.2) is 42.5 Å². The second kappa shape index (κ2) is 8.79. The molecule has 0 N–H and O–H groups in total. The number of halogens is 1. The van der Waals surface area contributed by atoms with E-state index >= 15 is 0 Å². The predicted molar refractivity (Wildman–Crippen MR) is 111 cm³/mol. The molecular weight excluding hydrogens is 344 g/mol. The minimum absolute atomic E-state index is 0.527. The number of piperazine rings is 1. The van der Waals surface area contributed by atoms with E-state index in [4.69, 9.17) is 16.3 Å². The Morgan fingerprint density at radius 3 is 2.35 bits per heavy atom. The van der Waals surface area contributed by atoms with E-state index in [1.807, 2.05) is 12.1 Å². The second-order valence-corrected chi connectivity index (χ2v) is 7.77. The first-order valence-electron chi connectivity index (χ1n) is 9.49. The molecule has 0 unspecified atom stereocenters. The second-order valence-electron chi connectivity index (χ2n) is 7.33. The summed E-state index contributed by atoms with van der Waals surface area (Å²) in [4.78, 5) is 4.90. The molecule has 0 spiro atoms. The molecule has 0 bridgehead atoms. The Balaban J connectivity index is 1.45. The van der Waals surface area contributed by atoms with Gasteiger partial charge >= 0.3 is 0 Å². The first-order chi connectivity index (χ1) is 12.5. The van der Waals surface area contributed by atoms with Crippen molar-refractivity contribution in [2.75, 3.05) is 44.2 Å². The molecule has 0 atom stereocenters. The molecule has 1 aliphatic heterocycles. The van der Waals surface area contributed by atoms with Gasteiger partial charge in [-0.2, -0.15) is 0 Å². The third kappa shape index (κ3) is 4.93. The topological polar surface area (TPSA) is 15.7 Å². The van der Waals surface area contributed by atoms with Crippen molar-refractivity contribution >= 4 is 17.3 Å². The summed E-state index contributed by atoms with van der Waals surface area (Å²) in [6, 6.07) is 14.7. The van der Waals surface area contributed by atoms with Gasteiger partial charge in [-0.1, -0.05) is 37.6 Å². The fraction of sp³-hybridized carbons (Fsp3) is 0.455. The summed E-state index contributed by atoms with van der Waals surface area (Å²) in [5.41, 5.74) is 3.80. The molecule has 4 heteroatoms. The van der Waals surface area contributed by atoms with Crippen molar-refractivity contribution in [2.24, 2.45) is 0 Å². The van der Waals surface area contributed by atoms with Gasteiger partial charge in [0.15, 0.2) is 0 Å². The molecule has 1 saturated heterocycles. The van der Waals surface area contributed by atoms with Crippen molar-refractivity contribution in [3.05, 3.63) is 58.6 Å². The summed E-state index contributed by atoms with van der Waals surface area (Å²) in [7, 11) is 0. The van der Waals surface area contributed by atoms with Gasteiger partial charge in [-0.05, 0) is 54.3 Å². The van der Waals surface area contributed by atoms with Gasteiger partial charge in [-0.15, -0.1) is 0 Å². The molecule has 1 heterocycles. The molecule has 1 fully saturated rings. The van der Waals surface area contributed by atoms with Crippen molar-refractivity contribution in [3.8, 4) is 5.75 Å². The van der Waals surface area contributed by atoms with Crippen LogP contribution in [-0.4, -0.2) is 44.2 Å². The van der Waals surface area contributed by atoms with Crippen LogP contribution in [0.25, 0.3) is 0 Å². The predicted octanol–water partition coefficient (Wildman–Crippen LogP) is 4.97. The molecule has 0 amide bonds. The lowest BCUT2D eigenvalue weighted by Gasteiger charge is -2.36. The number of nitrogens with zero attached hydrogens (tertiary/aromatic N) is 2. The number of benzene rings is 2. The van der Waals surface area contributed by atoms with Crippen molar-refractivity contribution in [1.82, 2.24) is 4.90 Å². The van der Waals surface area contributed by atoms with E-state index in [1.54, 1.807) is 0 Å². The number of hydrogen-bond acceptors (Lipinski definition) is 3. The lowest BCUT2D eigenvalue weighted by molar-refractivity contribution is 0.200. The SMILES string of the molecule is Cc1ccc(C(C)C)cc1OCCN1CCN(c2ccc(Cl)cc2)CC1. The minimum Gasteiger partial charge on any atom is -0.492 e. The third-order valence-corrected chi connectivity index (χ3v) is 5.36. The molecule has 0 radical (unpaired) electrons. The van der Waals surface area contributed by atoms with Crippen molar-refractivity contribution in [1.29, 1.82) is 0 Å². The van der Waals surface area contributed by atoms with E-state index in [0.717, 1.165) is 50.1 Å². The van der Waals surface area contributed by atoms with Crippen molar-refractivity contribution in [3.63, 3.8) is 0 Å². The molecule has 2 aromatic carbocycles. The summed E-state index contributed by atoms with van der Waals surface area (Å²) < 4.78 is 6.09. The average Bonchev–Trinajstić information content (AvgIpc) is 2.64. The minimum atomic E-state index is 0.527. The molecule has 26 heavy (non-hydrogen) atoms. The summed E-state index contributed by atoms with van der Waals surface area (Å²) in [6.07, 6.45) is 0. The highest BCUT2D eigenvalue weighted by molar-refractivity contribution is 6.30. The quantitative estimate of drug-likeness (QED) is 0.711. The first-order valence-corrected chi connectivity index (χ1v) is 9.87. The Morgan fingerprint density at radius 1 is 1.00 bits per heavy atom. The summed E-state index contributed by atoms with van der Waals surface area (Å²) in [5, 5.41) is 0.793. The van der Waals surface area contributed by atoms with E-state index in [2.05, 4.69) is 60.9 Å². The Labute approximate surface area is 162 Å². The molecule has 3 nitrogen and oxygen atoms in total. The van der Waals surface area contributed by atoms with Gasteiger partial charge in [-0.25, -0.2) is 0 Å². The lowest BCUT2D eigenvalue weighted by Crippen LogP contribution is -2.47. The van der Waals surface area contributed by atoms with E-state index < -0.39 is 0 Å². The van der Waals surface area contributed by atoms with Crippen LogP contribution in [0.2, 0.25) is 5.02 Å². The Kier molecular flexibility index (Phi) is 6.44. The van der Waals surface area contributed by atoms with Crippen LogP contribution < -0.4 is 9.64 Å². The maximum absolute atomic E-state index is 6.09. The van der Waals surface area contributed by atoms with Gasteiger partial charge in [-0.3, -0.25) is 4.90 Å². The Morgan fingerprint density at radius 2 is 1.69 bits per heavy atom. The molecule has 0 aromatic heterocycles. The van der Waals surface area contributed by atoms with Crippen molar-refractivity contribution in [2.45, 2.75) is 26.7 Å². The summed E-state index contributed by atoms with van der Waals surface area (Å²) in [6.45, 7) is 12.5. The van der Waals surface area contributed by atoms with Gasteiger partial charge in [0.25, 0.3) is 0 Å². The van der Waals surface area contributed by atoms with E-state index in [0.29, 0.717) is 5.92 Å². The lowest BCUT2D eigenvalue weighted by atomic mass is 10.0. The normalized spacial score (nSPS) is 15.5. The van der Waals surface area contributed by atoms with Crippen LogP contribution in [-0.2, 0) is 0 Å². The number of rotatable bonds is 6. The molecule has 1 aliphatic rings. The molecular formula is C22H29ClN2O. The number of anilines is 1. The molecule has 3 rings (SSSR count). The highest BCUT2D eigenvalue weighted by Gasteiger charge is 2.17. The van der Waals surface area contributed by atoms with Gasteiger partial charge < -0.3 is 9.64 Å². The largest absolute Gasteiger partial charge is 0.492 e. The van der Waals surface area contributed by atoms with Crippen LogP contribution in [0, 0.1) is 6.92 Å². The zero-order chi connectivity index (χ0) is 18.5. The summed E-state index contributed by atoms with van der Waals surface area (Å²) in [5.74, 6) is 1.55. The van der Waals surface area contributed by atoms with Crippen LogP contribution >= 0.6 is 11.6 Å². The van der Waals surface area contributed by atoms with E-state index in [9.17, 15) is 0 Å². The summed E-state index contributed by atoms with van der Waals surface area (Å²) >= 11 is 5.98. The van der Waals surface area contributed by atoms with Gasteiger partial charge in [0.2, 0.25) is 0 Å². The molecule has 2 aromatic rings. The van der Waals surface area contributed by atoms with Gasteiger partial charge in [0, 0.05) is 43.4 Å². The number of aryl methyl sites for hydroxylation is 1. The number of ether oxygens (including phenoxy) is 1. The third-order valence-electron chi connectivity index (χ3n) is 5.11. The Bertz CT molecular complexity index is 707. The zero-order valence-corrected chi connectivity index (χ0v) is 16.8. The van der Waals surface area contributed by atoms with Crippen LogP contribution in [0.1, 0.15) is 30.9 Å². The smallest absolute Gasteiger partial charge is 0.122 e. The monoisotopic (exact) mass is 372 g/mol. The highest BCUT2D eigenvalue weighted by Crippen LogP contribution is 2.24. The van der Waals surface area contributed by atoms with Crippen LogP contribution in [0.3, 0.4) is 0 Å². The van der Waals surface area contributed by atoms with Gasteiger partial charge in [0.05, 0.1) is 0 Å². The standard InChI is InChI=1S/C22H29ClN2O/c1-17(2)19-5-4-18(3)22(16-19)26-15-14-24-10-12-25(13-11-24)21-8-6-20(23)7-9-21/h4-9,16-17H,10-15H2,1-3H3. The van der Waals surface area contributed by atoms with Crippen LogP contribution in [0.5, 0.6) is 5.75 Å². The molecule has 0 aliphatic carbocycles.